The Hall–Kier alpha value is -3.03. The largest absolute Gasteiger partial charge is 0.325 e. The maximum atomic E-state index is 12.0. The molecule has 0 saturated carbocycles. The lowest BCUT2D eigenvalue weighted by atomic mass is 10.2. The lowest BCUT2D eigenvalue weighted by molar-refractivity contribution is -0.384. The van der Waals surface area contributed by atoms with Crippen molar-refractivity contribution in [2.45, 2.75) is 32.7 Å². The Labute approximate surface area is 138 Å². The number of hydrogen-bond donors (Lipinski definition) is 1. The molecule has 0 aliphatic carbocycles. The number of nitrogens with one attached hydrogen (secondary N) is 1. The van der Waals surface area contributed by atoms with Gasteiger partial charge in [0.05, 0.1) is 11.3 Å². The van der Waals surface area contributed by atoms with E-state index in [2.05, 4.69) is 17.2 Å². The van der Waals surface area contributed by atoms with Gasteiger partial charge in [-0.3, -0.25) is 24.3 Å². The van der Waals surface area contributed by atoms with E-state index >= 15 is 0 Å². The van der Waals surface area contributed by atoms with Gasteiger partial charge in [0, 0.05) is 29.6 Å². The van der Waals surface area contributed by atoms with Crippen molar-refractivity contribution in [1.29, 1.82) is 0 Å². The molecule has 1 heterocycles. The number of nitro groups is 1. The van der Waals surface area contributed by atoms with Gasteiger partial charge in [0.25, 0.3) is 11.2 Å². The van der Waals surface area contributed by atoms with Gasteiger partial charge in [0.15, 0.2) is 0 Å². The minimum absolute atomic E-state index is 0.0592. The first-order valence-electron chi connectivity index (χ1n) is 7.59. The highest BCUT2D eigenvalue weighted by Crippen LogP contribution is 2.15. The number of non-ortho nitro benzene ring substituents is 1. The number of hydrogen-bond acceptors (Lipinski definition) is 5. The average Bonchev–Trinajstić information content (AvgIpc) is 2.55. The molecular formula is C16H18N4O4. The van der Waals surface area contributed by atoms with Crippen molar-refractivity contribution < 1.29 is 9.72 Å². The van der Waals surface area contributed by atoms with Crippen LogP contribution in [-0.2, 0) is 17.8 Å². The molecule has 0 bridgehead atoms. The number of nitrogens with zero attached hydrogens (tertiary/aromatic N) is 3. The number of aryl methyl sites for hydroxylation is 1. The fourth-order valence-electron chi connectivity index (χ4n) is 2.10. The number of benzene rings is 1. The zero-order valence-corrected chi connectivity index (χ0v) is 13.3. The van der Waals surface area contributed by atoms with Crippen molar-refractivity contribution in [3.8, 4) is 0 Å². The van der Waals surface area contributed by atoms with E-state index in [4.69, 9.17) is 0 Å². The number of unbranched alkanes of at least 4 members (excludes halogenated alkanes) is 1. The predicted molar refractivity (Wildman–Crippen MR) is 88.8 cm³/mol. The Bertz CT molecular complexity index is 783. The lowest BCUT2D eigenvalue weighted by Crippen LogP contribution is -2.27. The van der Waals surface area contributed by atoms with Gasteiger partial charge in [-0.05, 0) is 25.0 Å². The third-order valence-electron chi connectivity index (χ3n) is 3.40. The normalized spacial score (nSPS) is 10.4. The van der Waals surface area contributed by atoms with E-state index in [1.807, 2.05) is 0 Å². The number of amides is 1. The van der Waals surface area contributed by atoms with Crippen LogP contribution in [0.4, 0.5) is 11.4 Å². The van der Waals surface area contributed by atoms with Crippen LogP contribution in [0.25, 0.3) is 0 Å². The Morgan fingerprint density at radius 3 is 2.62 bits per heavy atom. The molecule has 1 N–H and O–H groups in total. The van der Waals surface area contributed by atoms with Crippen LogP contribution in [0.2, 0.25) is 0 Å². The zero-order chi connectivity index (χ0) is 17.5. The van der Waals surface area contributed by atoms with Gasteiger partial charge in [0.2, 0.25) is 5.91 Å². The first kappa shape index (κ1) is 17.3. The lowest BCUT2D eigenvalue weighted by Gasteiger charge is -2.07. The van der Waals surface area contributed by atoms with Crippen LogP contribution in [0.3, 0.4) is 0 Å². The molecule has 0 atom stereocenters. The first-order chi connectivity index (χ1) is 11.5. The summed E-state index contributed by atoms with van der Waals surface area (Å²) < 4.78 is 1.22. The van der Waals surface area contributed by atoms with Crippen LogP contribution in [-0.4, -0.2) is 20.4 Å². The third-order valence-corrected chi connectivity index (χ3v) is 3.40. The van der Waals surface area contributed by atoms with E-state index in [1.54, 1.807) is 0 Å². The van der Waals surface area contributed by atoms with Gasteiger partial charge in [-0.2, -0.15) is 0 Å². The fraction of sp³-hybridized carbons (Fsp3) is 0.312. The van der Waals surface area contributed by atoms with Crippen LogP contribution in [0.5, 0.6) is 0 Å². The molecule has 1 aromatic heterocycles. The Morgan fingerprint density at radius 1 is 1.33 bits per heavy atom. The van der Waals surface area contributed by atoms with E-state index in [0.717, 1.165) is 19.3 Å². The quantitative estimate of drug-likeness (QED) is 0.618. The molecule has 1 amide bonds. The third kappa shape index (κ3) is 4.73. The molecular weight excluding hydrogens is 312 g/mol. The number of aromatic nitrogens is 2. The number of anilines is 1. The second-order valence-corrected chi connectivity index (χ2v) is 5.30. The highest BCUT2D eigenvalue weighted by molar-refractivity contribution is 5.90. The summed E-state index contributed by atoms with van der Waals surface area (Å²) in [6.45, 7) is 1.89. The minimum Gasteiger partial charge on any atom is -0.325 e. The van der Waals surface area contributed by atoms with Crippen LogP contribution in [0, 0.1) is 10.1 Å². The van der Waals surface area contributed by atoms with Crippen molar-refractivity contribution in [3.05, 3.63) is 62.8 Å². The molecule has 126 valence electrons. The number of carbonyl (C=O) groups excluding carboxylic acids is 1. The molecule has 0 saturated heterocycles. The fourth-order valence-corrected chi connectivity index (χ4v) is 2.10. The standard InChI is InChI=1S/C16H18N4O4/c1-2-3-4-13-9-16(22)19(11-17-13)10-15(21)18-12-5-7-14(8-6-12)20(23)24/h5-9,11H,2-4,10H2,1H3,(H,18,21). The average molecular weight is 330 g/mol. The summed E-state index contributed by atoms with van der Waals surface area (Å²) in [6, 6.07) is 6.91. The number of carbonyl (C=O) groups is 1. The summed E-state index contributed by atoms with van der Waals surface area (Å²) in [5, 5.41) is 13.2. The molecule has 0 radical (unpaired) electrons. The molecule has 0 aliphatic heterocycles. The van der Waals surface area contributed by atoms with E-state index in [0.29, 0.717) is 11.4 Å². The summed E-state index contributed by atoms with van der Waals surface area (Å²) in [4.78, 5) is 38.2. The SMILES string of the molecule is CCCCc1cc(=O)n(CC(=O)Nc2ccc([N+](=O)[O-])cc2)cn1. The van der Waals surface area contributed by atoms with Gasteiger partial charge in [-0.25, -0.2) is 4.98 Å². The first-order valence-corrected chi connectivity index (χ1v) is 7.59. The highest BCUT2D eigenvalue weighted by Gasteiger charge is 2.08. The second-order valence-electron chi connectivity index (χ2n) is 5.30. The van der Waals surface area contributed by atoms with Crippen LogP contribution >= 0.6 is 0 Å². The predicted octanol–water partition coefficient (Wildman–Crippen LogP) is 2.13. The zero-order valence-electron chi connectivity index (χ0n) is 13.3. The summed E-state index contributed by atoms with van der Waals surface area (Å²) in [5.41, 5.74) is 0.797. The monoisotopic (exact) mass is 330 g/mol. The van der Waals surface area contributed by atoms with Crippen molar-refractivity contribution >= 4 is 17.3 Å². The molecule has 24 heavy (non-hydrogen) atoms. The Morgan fingerprint density at radius 2 is 2.04 bits per heavy atom. The van der Waals surface area contributed by atoms with Gasteiger partial charge in [0.1, 0.15) is 6.54 Å². The summed E-state index contributed by atoms with van der Waals surface area (Å²) in [6.07, 6.45) is 4.07. The Kier molecular flexibility index (Phi) is 5.78. The van der Waals surface area contributed by atoms with E-state index < -0.39 is 10.8 Å². The van der Waals surface area contributed by atoms with Gasteiger partial charge in [-0.15, -0.1) is 0 Å². The van der Waals surface area contributed by atoms with Gasteiger partial charge in [-0.1, -0.05) is 13.3 Å². The summed E-state index contributed by atoms with van der Waals surface area (Å²) in [7, 11) is 0. The van der Waals surface area contributed by atoms with Crippen molar-refractivity contribution in [2.24, 2.45) is 0 Å². The minimum atomic E-state index is -0.517. The molecule has 0 aliphatic rings. The molecule has 0 fully saturated rings. The molecule has 2 rings (SSSR count). The van der Waals surface area contributed by atoms with E-state index in [-0.39, 0.29) is 17.8 Å². The smallest absolute Gasteiger partial charge is 0.269 e. The molecule has 0 spiro atoms. The summed E-state index contributed by atoms with van der Waals surface area (Å²) >= 11 is 0. The topological polar surface area (TPSA) is 107 Å². The van der Waals surface area contributed by atoms with Crippen molar-refractivity contribution in [3.63, 3.8) is 0 Å². The summed E-state index contributed by atoms with van der Waals surface area (Å²) in [5.74, 6) is -0.408. The van der Waals surface area contributed by atoms with Gasteiger partial charge < -0.3 is 5.32 Å². The maximum absolute atomic E-state index is 12.0. The second kappa shape index (κ2) is 8.00. The van der Waals surface area contributed by atoms with Crippen LogP contribution in [0.15, 0.2) is 41.5 Å². The van der Waals surface area contributed by atoms with Crippen LogP contribution in [0.1, 0.15) is 25.5 Å². The number of nitro benzene ring substituents is 1. The van der Waals surface area contributed by atoms with E-state index in [9.17, 15) is 19.7 Å². The van der Waals surface area contributed by atoms with Crippen molar-refractivity contribution in [2.75, 3.05) is 5.32 Å². The number of rotatable bonds is 7. The Balaban J connectivity index is 1.99. The highest BCUT2D eigenvalue weighted by atomic mass is 16.6. The van der Waals surface area contributed by atoms with Crippen LogP contribution < -0.4 is 10.9 Å². The molecule has 2 aromatic rings. The molecule has 8 nitrogen and oxygen atoms in total. The molecule has 0 unspecified atom stereocenters. The molecule has 1 aromatic carbocycles. The van der Waals surface area contributed by atoms with Gasteiger partial charge >= 0.3 is 0 Å². The molecule has 8 heteroatoms. The van der Waals surface area contributed by atoms with E-state index in [1.165, 1.54) is 41.2 Å². The van der Waals surface area contributed by atoms with Crippen molar-refractivity contribution in [1.82, 2.24) is 9.55 Å². The maximum Gasteiger partial charge on any atom is 0.269 e.